The lowest BCUT2D eigenvalue weighted by Crippen LogP contribution is -2.33. The van der Waals surface area contributed by atoms with Crippen LogP contribution < -0.4 is 21.9 Å². The van der Waals surface area contributed by atoms with E-state index >= 15 is 0 Å². The predicted octanol–water partition coefficient (Wildman–Crippen LogP) is 0.721. The number of primary amides is 1. The van der Waals surface area contributed by atoms with Gasteiger partial charge in [-0.05, 0) is 30.3 Å². The van der Waals surface area contributed by atoms with Crippen LogP contribution in [0.3, 0.4) is 0 Å². The molecule has 4 N–H and O–H groups in total. The Balaban J connectivity index is 2.10. The van der Waals surface area contributed by atoms with Crippen molar-refractivity contribution in [3.63, 3.8) is 0 Å². The Hall–Kier alpha value is -3.63. The minimum absolute atomic E-state index is 0.121. The van der Waals surface area contributed by atoms with Crippen molar-refractivity contribution in [1.82, 2.24) is 9.88 Å². The zero-order chi connectivity index (χ0) is 20.9. The second-order valence-electron chi connectivity index (χ2n) is 5.63. The van der Waals surface area contributed by atoms with E-state index in [0.717, 1.165) is 12.3 Å². The van der Waals surface area contributed by atoms with Gasteiger partial charge >= 0.3 is 6.18 Å². The van der Waals surface area contributed by atoms with Gasteiger partial charge < -0.3 is 20.9 Å². The lowest BCUT2D eigenvalue weighted by atomic mass is 10.2. The number of alkyl halides is 3. The topological polar surface area (TPSA) is 123 Å². The third-order valence-electron chi connectivity index (χ3n) is 3.47. The fourth-order valence-electron chi connectivity index (χ4n) is 2.24. The van der Waals surface area contributed by atoms with E-state index in [0.29, 0.717) is 10.6 Å². The number of halogens is 3. The maximum atomic E-state index is 12.8. The van der Waals surface area contributed by atoms with E-state index in [1.54, 1.807) is 0 Å². The van der Waals surface area contributed by atoms with Crippen LogP contribution >= 0.6 is 0 Å². The van der Waals surface area contributed by atoms with E-state index in [1.807, 2.05) is 0 Å². The van der Waals surface area contributed by atoms with Crippen molar-refractivity contribution in [2.24, 2.45) is 5.73 Å². The van der Waals surface area contributed by atoms with Crippen LogP contribution in [0.2, 0.25) is 0 Å². The smallest absolute Gasteiger partial charge is 0.368 e. The standard InChI is InChI=1S/C17H15F3N4O4/c18-17(19,20)12-5-2-6-24(16(12)28)9-14(26)23-11-4-1-3-10(7-11)15(27)22-8-13(21)25/h1-7H,8-9H2,(H2,21,25)(H,22,27)(H,23,26). The van der Waals surface area contributed by atoms with Gasteiger partial charge in [-0.3, -0.25) is 19.2 Å². The maximum Gasteiger partial charge on any atom is 0.421 e. The molecule has 0 atom stereocenters. The number of hydrogen-bond acceptors (Lipinski definition) is 4. The second kappa shape index (κ2) is 8.37. The summed E-state index contributed by atoms with van der Waals surface area (Å²) in [6.07, 6.45) is -3.77. The summed E-state index contributed by atoms with van der Waals surface area (Å²) >= 11 is 0. The number of nitrogens with two attached hydrogens (primary N) is 1. The molecule has 0 fully saturated rings. The molecule has 1 aromatic carbocycles. The highest BCUT2D eigenvalue weighted by Crippen LogP contribution is 2.25. The molecule has 0 aliphatic heterocycles. The van der Waals surface area contributed by atoms with E-state index in [2.05, 4.69) is 10.6 Å². The number of aromatic nitrogens is 1. The van der Waals surface area contributed by atoms with Crippen LogP contribution in [0.5, 0.6) is 0 Å². The van der Waals surface area contributed by atoms with Gasteiger partial charge in [-0.25, -0.2) is 0 Å². The Morgan fingerprint density at radius 2 is 1.82 bits per heavy atom. The monoisotopic (exact) mass is 396 g/mol. The molecule has 0 unspecified atom stereocenters. The molecule has 1 heterocycles. The number of anilines is 1. The van der Waals surface area contributed by atoms with Crippen molar-refractivity contribution in [2.45, 2.75) is 12.7 Å². The number of carbonyl (C=O) groups excluding carboxylic acids is 3. The zero-order valence-corrected chi connectivity index (χ0v) is 14.2. The summed E-state index contributed by atoms with van der Waals surface area (Å²) in [4.78, 5) is 46.5. The van der Waals surface area contributed by atoms with E-state index in [-0.39, 0.29) is 17.8 Å². The lowest BCUT2D eigenvalue weighted by molar-refractivity contribution is -0.139. The molecule has 0 spiro atoms. The molecule has 0 radical (unpaired) electrons. The Kier molecular flexibility index (Phi) is 6.18. The van der Waals surface area contributed by atoms with E-state index < -0.39 is 41.6 Å². The largest absolute Gasteiger partial charge is 0.421 e. The third kappa shape index (κ3) is 5.43. The van der Waals surface area contributed by atoms with Crippen molar-refractivity contribution in [2.75, 3.05) is 11.9 Å². The molecule has 148 valence electrons. The van der Waals surface area contributed by atoms with E-state index in [4.69, 9.17) is 5.73 Å². The van der Waals surface area contributed by atoms with Crippen LogP contribution in [0.15, 0.2) is 47.4 Å². The summed E-state index contributed by atoms with van der Waals surface area (Å²) in [5.74, 6) is -2.11. The molecule has 0 saturated heterocycles. The van der Waals surface area contributed by atoms with Gasteiger partial charge in [0, 0.05) is 17.4 Å². The third-order valence-corrected chi connectivity index (χ3v) is 3.47. The molecular weight excluding hydrogens is 381 g/mol. The van der Waals surface area contributed by atoms with Crippen molar-refractivity contribution in [3.8, 4) is 0 Å². The number of benzene rings is 1. The molecule has 2 rings (SSSR count). The number of nitrogens with one attached hydrogen (secondary N) is 2. The van der Waals surface area contributed by atoms with Gasteiger partial charge in [0.25, 0.3) is 11.5 Å². The quantitative estimate of drug-likeness (QED) is 0.666. The summed E-state index contributed by atoms with van der Waals surface area (Å²) < 4.78 is 38.9. The number of nitrogens with zero attached hydrogens (tertiary/aromatic N) is 1. The first-order valence-electron chi connectivity index (χ1n) is 7.81. The van der Waals surface area contributed by atoms with E-state index in [1.165, 1.54) is 24.3 Å². The average Bonchev–Trinajstić information content (AvgIpc) is 2.60. The molecule has 28 heavy (non-hydrogen) atoms. The number of rotatable bonds is 6. The molecule has 8 nitrogen and oxygen atoms in total. The summed E-state index contributed by atoms with van der Waals surface area (Å²) in [7, 11) is 0. The SMILES string of the molecule is NC(=O)CNC(=O)c1cccc(NC(=O)Cn2cccc(C(F)(F)F)c2=O)c1. The van der Waals surface area contributed by atoms with Crippen LogP contribution in [0, 0.1) is 0 Å². The molecule has 0 aliphatic rings. The summed E-state index contributed by atoms with van der Waals surface area (Å²) in [6, 6.07) is 7.25. The Labute approximate surface area is 156 Å². The van der Waals surface area contributed by atoms with Crippen molar-refractivity contribution in [3.05, 3.63) is 64.1 Å². The Bertz CT molecular complexity index is 969. The second-order valence-corrected chi connectivity index (χ2v) is 5.63. The van der Waals surface area contributed by atoms with Gasteiger partial charge in [-0.2, -0.15) is 13.2 Å². The van der Waals surface area contributed by atoms with Crippen molar-refractivity contribution in [1.29, 1.82) is 0 Å². The van der Waals surface area contributed by atoms with Gasteiger partial charge in [-0.15, -0.1) is 0 Å². The van der Waals surface area contributed by atoms with Gasteiger partial charge in [0.15, 0.2) is 0 Å². The van der Waals surface area contributed by atoms with E-state index in [9.17, 15) is 32.3 Å². The van der Waals surface area contributed by atoms with Crippen LogP contribution in [-0.4, -0.2) is 28.8 Å². The maximum absolute atomic E-state index is 12.8. The zero-order valence-electron chi connectivity index (χ0n) is 14.2. The van der Waals surface area contributed by atoms with Gasteiger partial charge in [0.2, 0.25) is 11.8 Å². The minimum atomic E-state index is -4.83. The van der Waals surface area contributed by atoms with Gasteiger partial charge in [-0.1, -0.05) is 6.07 Å². The average molecular weight is 396 g/mol. The van der Waals surface area contributed by atoms with Crippen LogP contribution in [0.4, 0.5) is 18.9 Å². The van der Waals surface area contributed by atoms with Crippen LogP contribution in [0.25, 0.3) is 0 Å². The molecule has 3 amide bonds. The highest BCUT2D eigenvalue weighted by Gasteiger charge is 2.34. The molecule has 0 bridgehead atoms. The van der Waals surface area contributed by atoms with Crippen LogP contribution in [0.1, 0.15) is 15.9 Å². The molecule has 2 aromatic rings. The lowest BCUT2D eigenvalue weighted by Gasteiger charge is -2.11. The molecule has 11 heteroatoms. The molecule has 0 saturated carbocycles. The Morgan fingerprint density at radius 3 is 2.46 bits per heavy atom. The van der Waals surface area contributed by atoms with Crippen LogP contribution in [-0.2, 0) is 22.3 Å². The summed E-state index contributed by atoms with van der Waals surface area (Å²) in [5.41, 5.74) is 2.51. The highest BCUT2D eigenvalue weighted by atomic mass is 19.4. The predicted molar refractivity (Wildman–Crippen MR) is 92.3 cm³/mol. The highest BCUT2D eigenvalue weighted by molar-refractivity contribution is 5.98. The van der Waals surface area contributed by atoms with Gasteiger partial charge in [0.05, 0.1) is 6.54 Å². The normalized spacial score (nSPS) is 11.0. The number of pyridine rings is 1. The summed E-state index contributed by atoms with van der Waals surface area (Å²) in [6.45, 7) is -1.02. The minimum Gasteiger partial charge on any atom is -0.368 e. The van der Waals surface area contributed by atoms with Crippen molar-refractivity contribution >= 4 is 23.4 Å². The van der Waals surface area contributed by atoms with Crippen molar-refractivity contribution < 1.29 is 27.6 Å². The molecular formula is C17H15F3N4O4. The Morgan fingerprint density at radius 1 is 1.11 bits per heavy atom. The number of amides is 3. The first-order valence-corrected chi connectivity index (χ1v) is 7.81. The fraction of sp³-hybridized carbons (Fsp3) is 0.176. The fourth-order valence-corrected chi connectivity index (χ4v) is 2.24. The molecule has 1 aromatic heterocycles. The first-order chi connectivity index (χ1) is 13.1. The summed E-state index contributed by atoms with van der Waals surface area (Å²) in [5, 5.41) is 4.65. The first kappa shape index (κ1) is 20.7. The number of carbonyl (C=O) groups is 3. The van der Waals surface area contributed by atoms with Gasteiger partial charge in [0.1, 0.15) is 12.1 Å². The molecule has 0 aliphatic carbocycles. The number of hydrogen-bond donors (Lipinski definition) is 3.